The number of amides is 1. The molecular formula is C19H21NO4S. The van der Waals surface area contributed by atoms with Gasteiger partial charge in [-0.2, -0.15) is 0 Å². The normalized spacial score (nSPS) is 11.6. The van der Waals surface area contributed by atoms with Gasteiger partial charge >= 0.3 is 5.97 Å². The fourth-order valence-electron chi connectivity index (χ4n) is 2.23. The van der Waals surface area contributed by atoms with Gasteiger partial charge in [0.05, 0.1) is 0 Å². The van der Waals surface area contributed by atoms with Crippen molar-refractivity contribution in [1.29, 1.82) is 0 Å². The molecule has 0 bridgehead atoms. The zero-order chi connectivity index (χ0) is 18.2. The molecule has 1 amide bonds. The Morgan fingerprint density at radius 1 is 1.20 bits per heavy atom. The standard InChI is InChI=1S/C19H21NO4S/c1-13(21)15-6-3-7-16(12-15)20-19(23)14(2)24-18(22)10-4-8-17-9-5-11-25-17/h3,5-7,9,11-12,14H,4,8,10H2,1-2H3,(H,20,23)/t14-/m1/s1. The molecule has 0 aliphatic carbocycles. The number of carbonyl (C=O) groups excluding carboxylic acids is 3. The van der Waals surface area contributed by atoms with Crippen LogP contribution in [-0.2, 0) is 20.7 Å². The van der Waals surface area contributed by atoms with Crippen LogP contribution in [0.1, 0.15) is 41.9 Å². The van der Waals surface area contributed by atoms with Crippen molar-refractivity contribution < 1.29 is 19.1 Å². The van der Waals surface area contributed by atoms with E-state index in [0.717, 1.165) is 6.42 Å². The largest absolute Gasteiger partial charge is 0.453 e. The monoisotopic (exact) mass is 359 g/mol. The number of benzene rings is 1. The number of anilines is 1. The molecule has 1 aromatic carbocycles. The lowest BCUT2D eigenvalue weighted by atomic mass is 10.1. The predicted molar refractivity (Wildman–Crippen MR) is 97.9 cm³/mol. The lowest BCUT2D eigenvalue weighted by Crippen LogP contribution is -2.30. The number of thiophene rings is 1. The van der Waals surface area contributed by atoms with Crippen LogP contribution < -0.4 is 5.32 Å². The molecule has 0 radical (unpaired) electrons. The van der Waals surface area contributed by atoms with E-state index >= 15 is 0 Å². The third-order valence-electron chi connectivity index (χ3n) is 3.60. The molecule has 5 nitrogen and oxygen atoms in total. The molecule has 0 saturated heterocycles. The Labute approximate surface area is 151 Å². The number of carbonyl (C=O) groups is 3. The third-order valence-corrected chi connectivity index (χ3v) is 4.53. The number of hydrogen-bond acceptors (Lipinski definition) is 5. The molecule has 1 atom stereocenters. The Kier molecular flexibility index (Phi) is 6.89. The first-order chi connectivity index (χ1) is 12.0. The molecule has 6 heteroatoms. The highest BCUT2D eigenvalue weighted by Crippen LogP contribution is 2.14. The van der Waals surface area contributed by atoms with Crippen LogP contribution in [0.25, 0.3) is 0 Å². The summed E-state index contributed by atoms with van der Waals surface area (Å²) in [6.07, 6.45) is 0.893. The smallest absolute Gasteiger partial charge is 0.306 e. The number of nitrogens with one attached hydrogen (secondary N) is 1. The number of ketones is 1. The maximum Gasteiger partial charge on any atom is 0.306 e. The van der Waals surface area contributed by atoms with E-state index in [2.05, 4.69) is 5.32 Å². The van der Waals surface area contributed by atoms with E-state index in [9.17, 15) is 14.4 Å². The number of rotatable bonds is 8. The Bertz CT molecular complexity index is 740. The molecule has 1 N–H and O–H groups in total. The Morgan fingerprint density at radius 3 is 2.68 bits per heavy atom. The minimum atomic E-state index is -0.893. The predicted octanol–water partition coefficient (Wildman–Crippen LogP) is 3.84. The van der Waals surface area contributed by atoms with Crippen LogP contribution in [0.3, 0.4) is 0 Å². The topological polar surface area (TPSA) is 72.5 Å². The molecule has 1 aromatic heterocycles. The molecule has 25 heavy (non-hydrogen) atoms. The van der Waals surface area contributed by atoms with Crippen molar-refractivity contribution in [3.8, 4) is 0 Å². The van der Waals surface area contributed by atoms with E-state index in [4.69, 9.17) is 4.74 Å². The maximum absolute atomic E-state index is 12.1. The van der Waals surface area contributed by atoms with Crippen molar-refractivity contribution in [2.45, 2.75) is 39.2 Å². The van der Waals surface area contributed by atoms with Gasteiger partial charge in [0.1, 0.15) is 0 Å². The summed E-state index contributed by atoms with van der Waals surface area (Å²) in [5.74, 6) is -0.898. The summed E-state index contributed by atoms with van der Waals surface area (Å²) >= 11 is 1.66. The van der Waals surface area contributed by atoms with E-state index in [0.29, 0.717) is 17.7 Å². The number of hydrogen-bond donors (Lipinski definition) is 1. The summed E-state index contributed by atoms with van der Waals surface area (Å²) in [5, 5.41) is 4.66. The molecule has 132 valence electrons. The van der Waals surface area contributed by atoms with Gasteiger partial charge in [0, 0.05) is 22.5 Å². The molecule has 0 unspecified atom stereocenters. The fraction of sp³-hybridized carbons (Fsp3) is 0.316. The highest BCUT2D eigenvalue weighted by Gasteiger charge is 2.18. The van der Waals surface area contributed by atoms with Gasteiger partial charge in [0.25, 0.3) is 5.91 Å². The van der Waals surface area contributed by atoms with Gasteiger partial charge in [-0.3, -0.25) is 14.4 Å². The highest BCUT2D eigenvalue weighted by atomic mass is 32.1. The number of Topliss-reactive ketones (excluding diaryl/α,β-unsaturated/α-hetero) is 1. The summed E-state index contributed by atoms with van der Waals surface area (Å²) in [6, 6.07) is 10.6. The van der Waals surface area contributed by atoms with Crippen LogP contribution in [0.5, 0.6) is 0 Å². The second-order valence-electron chi connectivity index (χ2n) is 5.69. The van der Waals surface area contributed by atoms with Gasteiger partial charge in [-0.1, -0.05) is 18.2 Å². The lowest BCUT2D eigenvalue weighted by molar-refractivity contribution is -0.153. The molecule has 0 saturated carbocycles. The zero-order valence-corrected chi connectivity index (χ0v) is 15.1. The van der Waals surface area contributed by atoms with Gasteiger partial charge < -0.3 is 10.1 Å². The first-order valence-corrected chi connectivity index (χ1v) is 8.97. The zero-order valence-electron chi connectivity index (χ0n) is 14.3. The molecule has 0 aliphatic rings. The van der Waals surface area contributed by atoms with Crippen LogP contribution in [0.4, 0.5) is 5.69 Å². The third kappa shape index (κ3) is 6.15. The molecule has 0 spiro atoms. The fourth-order valence-corrected chi connectivity index (χ4v) is 2.98. The Hall–Kier alpha value is -2.47. The van der Waals surface area contributed by atoms with Crippen LogP contribution in [0, 0.1) is 0 Å². The average Bonchev–Trinajstić information content (AvgIpc) is 3.08. The van der Waals surface area contributed by atoms with E-state index in [1.807, 2.05) is 17.5 Å². The summed E-state index contributed by atoms with van der Waals surface area (Å²) < 4.78 is 5.17. The lowest BCUT2D eigenvalue weighted by Gasteiger charge is -2.14. The average molecular weight is 359 g/mol. The van der Waals surface area contributed by atoms with Gasteiger partial charge in [-0.25, -0.2) is 0 Å². The van der Waals surface area contributed by atoms with Crippen LogP contribution in [0.2, 0.25) is 0 Å². The number of aryl methyl sites for hydroxylation is 1. The second-order valence-corrected chi connectivity index (χ2v) is 6.72. The van der Waals surface area contributed by atoms with Crippen molar-refractivity contribution in [3.05, 3.63) is 52.2 Å². The highest BCUT2D eigenvalue weighted by molar-refractivity contribution is 7.09. The van der Waals surface area contributed by atoms with Crippen LogP contribution in [-0.4, -0.2) is 23.8 Å². The van der Waals surface area contributed by atoms with E-state index in [1.54, 1.807) is 35.6 Å². The van der Waals surface area contributed by atoms with E-state index in [-0.39, 0.29) is 12.2 Å². The second kappa shape index (κ2) is 9.13. The molecular weight excluding hydrogens is 338 g/mol. The maximum atomic E-state index is 12.1. The SMILES string of the molecule is CC(=O)c1cccc(NC(=O)[C@@H](C)OC(=O)CCCc2cccs2)c1. The minimum Gasteiger partial charge on any atom is -0.453 e. The van der Waals surface area contributed by atoms with Gasteiger partial charge in [-0.15, -0.1) is 11.3 Å². The van der Waals surface area contributed by atoms with Crippen molar-refractivity contribution >= 4 is 34.7 Å². The minimum absolute atomic E-state index is 0.0821. The number of ether oxygens (including phenoxy) is 1. The quantitative estimate of drug-likeness (QED) is 0.574. The summed E-state index contributed by atoms with van der Waals surface area (Å²) in [4.78, 5) is 36.5. The van der Waals surface area contributed by atoms with E-state index < -0.39 is 18.0 Å². The molecule has 0 aliphatic heterocycles. The summed E-state index contributed by atoms with van der Waals surface area (Å²) in [7, 11) is 0. The van der Waals surface area contributed by atoms with Crippen LogP contribution >= 0.6 is 11.3 Å². The Balaban J connectivity index is 1.78. The molecule has 2 aromatic rings. The molecule has 2 rings (SSSR count). The van der Waals surface area contributed by atoms with Crippen molar-refractivity contribution in [1.82, 2.24) is 0 Å². The molecule has 1 heterocycles. The summed E-state index contributed by atoms with van der Waals surface area (Å²) in [5.41, 5.74) is 1.01. The molecule has 0 fully saturated rings. The van der Waals surface area contributed by atoms with Crippen LogP contribution in [0.15, 0.2) is 41.8 Å². The van der Waals surface area contributed by atoms with Crippen molar-refractivity contribution in [2.24, 2.45) is 0 Å². The van der Waals surface area contributed by atoms with E-state index in [1.165, 1.54) is 18.7 Å². The first kappa shape index (κ1) is 18.9. The Morgan fingerprint density at radius 2 is 2.00 bits per heavy atom. The van der Waals surface area contributed by atoms with Gasteiger partial charge in [-0.05, 0) is 50.3 Å². The first-order valence-electron chi connectivity index (χ1n) is 8.09. The number of esters is 1. The summed E-state index contributed by atoms with van der Waals surface area (Å²) in [6.45, 7) is 2.99. The van der Waals surface area contributed by atoms with Gasteiger partial charge in [0.15, 0.2) is 11.9 Å². The van der Waals surface area contributed by atoms with Crippen molar-refractivity contribution in [3.63, 3.8) is 0 Å². The van der Waals surface area contributed by atoms with Crippen molar-refractivity contribution in [2.75, 3.05) is 5.32 Å². The van der Waals surface area contributed by atoms with Gasteiger partial charge in [0.2, 0.25) is 0 Å².